The molecule has 0 atom stereocenters. The van der Waals surface area contributed by atoms with Gasteiger partial charge in [0.1, 0.15) is 5.82 Å². The molecule has 0 saturated heterocycles. The van der Waals surface area contributed by atoms with Gasteiger partial charge in [0.15, 0.2) is 11.3 Å². The van der Waals surface area contributed by atoms with Gasteiger partial charge in [0, 0.05) is 0 Å². The molecular formula is C8H6FNO5. The maximum Gasteiger partial charge on any atom is 0.345 e. The molecule has 1 aromatic rings. The Labute approximate surface area is 83.0 Å². The fraction of sp³-hybridized carbons (Fsp3) is 0.125. The molecule has 1 rings (SSSR count). The van der Waals surface area contributed by atoms with Crippen LogP contribution in [0.3, 0.4) is 0 Å². The molecule has 0 aliphatic rings. The van der Waals surface area contributed by atoms with Crippen molar-refractivity contribution in [3.63, 3.8) is 0 Å². The minimum absolute atomic E-state index is 0.293. The molecule has 0 radical (unpaired) electrons. The van der Waals surface area contributed by atoms with Gasteiger partial charge in [-0.2, -0.15) is 0 Å². The van der Waals surface area contributed by atoms with Gasteiger partial charge in [0.05, 0.1) is 12.0 Å². The van der Waals surface area contributed by atoms with Gasteiger partial charge in [0.25, 0.3) is 0 Å². The highest BCUT2D eigenvalue weighted by Crippen LogP contribution is 2.32. The molecule has 1 aromatic carbocycles. The third kappa shape index (κ3) is 1.85. The Morgan fingerprint density at radius 1 is 1.60 bits per heavy atom. The van der Waals surface area contributed by atoms with Crippen molar-refractivity contribution in [1.82, 2.24) is 0 Å². The standard InChI is InChI=1S/C8H6FNO5/c1-15-5-3-2-4(9)6(8(11)12)7(5)10(13)14/h2-3H,1H3,(H,11,12). The summed E-state index contributed by atoms with van der Waals surface area (Å²) >= 11 is 0. The van der Waals surface area contributed by atoms with Crippen LogP contribution in [0.2, 0.25) is 0 Å². The third-order valence-electron chi connectivity index (χ3n) is 1.71. The summed E-state index contributed by atoms with van der Waals surface area (Å²) in [4.78, 5) is 20.2. The number of nitro groups is 1. The van der Waals surface area contributed by atoms with Crippen LogP contribution in [0.4, 0.5) is 10.1 Å². The zero-order valence-electron chi connectivity index (χ0n) is 7.56. The largest absolute Gasteiger partial charge is 0.490 e. The van der Waals surface area contributed by atoms with E-state index >= 15 is 0 Å². The molecule has 0 amide bonds. The first-order valence-corrected chi connectivity index (χ1v) is 3.73. The molecule has 0 aliphatic heterocycles. The quantitative estimate of drug-likeness (QED) is 0.608. The van der Waals surface area contributed by atoms with Crippen LogP contribution in [0.25, 0.3) is 0 Å². The topological polar surface area (TPSA) is 89.7 Å². The predicted molar refractivity (Wildman–Crippen MR) is 46.6 cm³/mol. The van der Waals surface area contributed by atoms with Gasteiger partial charge in [-0.25, -0.2) is 9.18 Å². The zero-order valence-corrected chi connectivity index (χ0v) is 7.56. The van der Waals surface area contributed by atoms with E-state index in [0.29, 0.717) is 0 Å². The number of hydrogen-bond donors (Lipinski definition) is 1. The summed E-state index contributed by atoms with van der Waals surface area (Å²) < 4.78 is 17.6. The van der Waals surface area contributed by atoms with Crippen LogP contribution >= 0.6 is 0 Å². The van der Waals surface area contributed by atoms with E-state index in [1.807, 2.05) is 0 Å². The number of rotatable bonds is 3. The molecule has 0 aliphatic carbocycles. The molecule has 15 heavy (non-hydrogen) atoms. The second-order valence-electron chi connectivity index (χ2n) is 2.54. The van der Waals surface area contributed by atoms with E-state index in [-0.39, 0.29) is 5.75 Å². The average Bonchev–Trinajstić information content (AvgIpc) is 2.16. The van der Waals surface area contributed by atoms with Gasteiger partial charge in [-0.3, -0.25) is 10.1 Å². The number of ether oxygens (including phenoxy) is 1. The van der Waals surface area contributed by atoms with Gasteiger partial charge in [-0.1, -0.05) is 0 Å². The molecule has 7 heteroatoms. The molecule has 80 valence electrons. The van der Waals surface area contributed by atoms with Crippen LogP contribution in [-0.2, 0) is 0 Å². The monoisotopic (exact) mass is 215 g/mol. The van der Waals surface area contributed by atoms with E-state index < -0.39 is 28.0 Å². The van der Waals surface area contributed by atoms with E-state index in [9.17, 15) is 19.3 Å². The van der Waals surface area contributed by atoms with Crippen LogP contribution < -0.4 is 4.74 Å². The summed E-state index contributed by atoms with van der Waals surface area (Å²) in [5.74, 6) is -3.17. The van der Waals surface area contributed by atoms with Gasteiger partial charge in [0.2, 0.25) is 0 Å². The van der Waals surface area contributed by atoms with Crippen molar-refractivity contribution in [2.24, 2.45) is 0 Å². The lowest BCUT2D eigenvalue weighted by molar-refractivity contribution is -0.386. The first kappa shape index (κ1) is 10.9. The first-order valence-electron chi connectivity index (χ1n) is 3.73. The summed E-state index contributed by atoms with van der Waals surface area (Å²) in [5, 5.41) is 19.2. The van der Waals surface area contributed by atoms with Crippen molar-refractivity contribution in [3.8, 4) is 5.75 Å². The van der Waals surface area contributed by atoms with Gasteiger partial charge < -0.3 is 9.84 Å². The summed E-state index contributed by atoms with van der Waals surface area (Å²) in [5.41, 5.74) is -1.88. The second-order valence-corrected chi connectivity index (χ2v) is 2.54. The maximum absolute atomic E-state index is 13.0. The SMILES string of the molecule is COc1ccc(F)c(C(=O)O)c1[N+](=O)[O-]. The van der Waals surface area contributed by atoms with Crippen molar-refractivity contribution in [2.75, 3.05) is 7.11 Å². The molecule has 1 N–H and O–H groups in total. The van der Waals surface area contributed by atoms with Crippen molar-refractivity contribution in [2.45, 2.75) is 0 Å². The first-order chi connectivity index (χ1) is 6.99. The maximum atomic E-state index is 13.0. The lowest BCUT2D eigenvalue weighted by atomic mass is 10.1. The highest BCUT2D eigenvalue weighted by atomic mass is 19.1. The van der Waals surface area contributed by atoms with Gasteiger partial charge in [-0.05, 0) is 12.1 Å². The Morgan fingerprint density at radius 3 is 2.60 bits per heavy atom. The number of carbonyl (C=O) groups is 1. The van der Waals surface area contributed by atoms with Crippen molar-refractivity contribution < 1.29 is 24.0 Å². The van der Waals surface area contributed by atoms with Crippen molar-refractivity contribution >= 4 is 11.7 Å². The number of carboxylic acids is 1. The molecule has 0 aromatic heterocycles. The average molecular weight is 215 g/mol. The van der Waals surface area contributed by atoms with Crippen LogP contribution in [0.15, 0.2) is 12.1 Å². The third-order valence-corrected chi connectivity index (χ3v) is 1.71. The van der Waals surface area contributed by atoms with E-state index in [4.69, 9.17) is 5.11 Å². The Balaban J connectivity index is 3.58. The lowest BCUT2D eigenvalue weighted by Gasteiger charge is -2.04. The van der Waals surface area contributed by atoms with E-state index in [0.717, 1.165) is 19.2 Å². The number of hydrogen-bond acceptors (Lipinski definition) is 4. The van der Waals surface area contributed by atoms with Crippen LogP contribution in [0, 0.1) is 15.9 Å². The smallest absolute Gasteiger partial charge is 0.345 e. The molecule has 0 fully saturated rings. The van der Waals surface area contributed by atoms with Gasteiger partial charge >= 0.3 is 11.7 Å². The number of nitro benzene ring substituents is 1. The second kappa shape index (κ2) is 3.91. The molecular weight excluding hydrogens is 209 g/mol. The Morgan fingerprint density at radius 2 is 2.20 bits per heavy atom. The Hall–Kier alpha value is -2.18. The molecule has 0 bridgehead atoms. The highest BCUT2D eigenvalue weighted by molar-refractivity contribution is 5.94. The molecule has 6 nitrogen and oxygen atoms in total. The lowest BCUT2D eigenvalue weighted by Crippen LogP contribution is -2.07. The van der Waals surface area contributed by atoms with Gasteiger partial charge in [-0.15, -0.1) is 0 Å². The van der Waals surface area contributed by atoms with E-state index in [2.05, 4.69) is 4.74 Å². The van der Waals surface area contributed by atoms with Crippen LogP contribution in [-0.4, -0.2) is 23.1 Å². The van der Waals surface area contributed by atoms with Crippen molar-refractivity contribution in [3.05, 3.63) is 33.6 Å². The number of halogens is 1. The predicted octanol–water partition coefficient (Wildman–Crippen LogP) is 1.44. The molecule has 0 spiro atoms. The highest BCUT2D eigenvalue weighted by Gasteiger charge is 2.29. The fourth-order valence-electron chi connectivity index (χ4n) is 1.10. The minimum atomic E-state index is -1.71. The summed E-state index contributed by atoms with van der Waals surface area (Å²) in [6.07, 6.45) is 0. The number of carboxylic acid groups (broad SMARTS) is 1. The van der Waals surface area contributed by atoms with E-state index in [1.54, 1.807) is 0 Å². The number of aromatic carboxylic acids is 1. The molecule has 0 saturated carbocycles. The minimum Gasteiger partial charge on any atom is -0.490 e. The van der Waals surface area contributed by atoms with E-state index in [1.165, 1.54) is 0 Å². The van der Waals surface area contributed by atoms with Crippen molar-refractivity contribution in [1.29, 1.82) is 0 Å². The van der Waals surface area contributed by atoms with Crippen LogP contribution in [0.1, 0.15) is 10.4 Å². The Bertz CT molecular complexity index is 431. The summed E-state index contributed by atoms with van der Waals surface area (Å²) in [6.45, 7) is 0. The molecule has 0 heterocycles. The number of nitrogens with zero attached hydrogens (tertiary/aromatic N) is 1. The number of benzene rings is 1. The Kier molecular flexibility index (Phi) is 2.84. The normalized spacial score (nSPS) is 9.73. The fourth-order valence-corrected chi connectivity index (χ4v) is 1.10. The summed E-state index contributed by atoms with van der Waals surface area (Å²) in [7, 11) is 1.13. The van der Waals surface area contributed by atoms with Crippen LogP contribution in [0.5, 0.6) is 5.75 Å². The zero-order chi connectivity index (χ0) is 11.6. The number of methoxy groups -OCH3 is 1. The summed E-state index contributed by atoms with van der Waals surface area (Å²) in [6, 6.07) is 1.80. The molecule has 0 unspecified atom stereocenters.